The molecular formula is C9H11NO2. The molecule has 1 aromatic rings. The predicted octanol–water partition coefficient (Wildman–Crippen LogP) is 2.79. The van der Waals surface area contributed by atoms with Crippen LogP contribution in [0.3, 0.4) is 0 Å². The average molecular weight is 165 g/mol. The monoisotopic (exact) mass is 165 g/mol. The fourth-order valence-corrected chi connectivity index (χ4v) is 0.968. The van der Waals surface area contributed by atoms with E-state index in [-0.39, 0.29) is 0 Å². The van der Waals surface area contributed by atoms with Gasteiger partial charge in [0.15, 0.2) is 0 Å². The summed E-state index contributed by atoms with van der Waals surface area (Å²) in [5.41, 5.74) is 1.42. The van der Waals surface area contributed by atoms with Gasteiger partial charge in [-0.05, 0) is 36.7 Å². The highest BCUT2D eigenvalue weighted by atomic mass is 16.5. The topological polar surface area (TPSA) is 38.7 Å². The third-order valence-electron chi connectivity index (χ3n) is 1.51. The minimum Gasteiger partial charge on any atom is -0.491 e. The normalized spacial score (nSPS) is 9.50. The van der Waals surface area contributed by atoms with Crippen molar-refractivity contribution < 1.29 is 4.74 Å². The van der Waals surface area contributed by atoms with E-state index in [4.69, 9.17) is 4.74 Å². The van der Waals surface area contributed by atoms with E-state index in [1.165, 1.54) is 0 Å². The Hall–Kier alpha value is -1.38. The number of nitrogens with zero attached hydrogens (tertiary/aromatic N) is 1. The Morgan fingerprint density at radius 2 is 2.25 bits per heavy atom. The largest absolute Gasteiger partial charge is 0.491 e. The summed E-state index contributed by atoms with van der Waals surface area (Å²) in [4.78, 5) is 10.3. The first kappa shape index (κ1) is 8.71. The molecule has 64 valence electrons. The Kier molecular flexibility index (Phi) is 2.80. The Bertz CT molecular complexity index is 284. The highest BCUT2D eigenvalue weighted by molar-refractivity contribution is 5.52. The third-order valence-corrected chi connectivity index (χ3v) is 1.51. The van der Waals surface area contributed by atoms with Crippen molar-refractivity contribution in [1.29, 1.82) is 0 Å². The van der Waals surface area contributed by atoms with Crippen molar-refractivity contribution in [2.24, 2.45) is 5.18 Å². The van der Waals surface area contributed by atoms with E-state index in [9.17, 15) is 4.91 Å². The molecule has 0 amide bonds. The van der Waals surface area contributed by atoms with Crippen molar-refractivity contribution in [3.8, 4) is 5.75 Å². The van der Waals surface area contributed by atoms with Crippen molar-refractivity contribution in [2.45, 2.75) is 13.8 Å². The van der Waals surface area contributed by atoms with Gasteiger partial charge in [0.05, 0.1) is 6.61 Å². The zero-order valence-electron chi connectivity index (χ0n) is 7.20. The molecule has 0 aliphatic heterocycles. The van der Waals surface area contributed by atoms with E-state index >= 15 is 0 Å². The molecule has 0 heterocycles. The van der Waals surface area contributed by atoms with Crippen LogP contribution in [0.4, 0.5) is 5.69 Å². The van der Waals surface area contributed by atoms with E-state index in [0.717, 1.165) is 5.56 Å². The van der Waals surface area contributed by atoms with Crippen LogP contribution in [0.1, 0.15) is 12.5 Å². The molecule has 0 aliphatic rings. The van der Waals surface area contributed by atoms with Crippen LogP contribution >= 0.6 is 0 Å². The predicted molar refractivity (Wildman–Crippen MR) is 47.8 cm³/mol. The second-order valence-corrected chi connectivity index (χ2v) is 2.50. The number of rotatable bonds is 3. The molecule has 1 aromatic carbocycles. The number of hydrogen-bond acceptors (Lipinski definition) is 3. The van der Waals surface area contributed by atoms with Crippen LogP contribution in [-0.2, 0) is 0 Å². The summed E-state index contributed by atoms with van der Waals surface area (Å²) in [6, 6.07) is 5.30. The molecule has 0 saturated heterocycles. The summed E-state index contributed by atoms with van der Waals surface area (Å²) in [7, 11) is 0. The summed E-state index contributed by atoms with van der Waals surface area (Å²) in [5.74, 6) is 0.563. The van der Waals surface area contributed by atoms with Gasteiger partial charge in [0, 0.05) is 0 Å². The number of benzene rings is 1. The molecule has 0 unspecified atom stereocenters. The maximum Gasteiger partial charge on any atom is 0.149 e. The molecule has 0 aromatic heterocycles. The molecule has 0 bridgehead atoms. The standard InChI is InChI=1S/C9H11NO2/c1-3-12-9-6-7(2)4-5-8(9)10-11/h4-6H,3H2,1-2H3. The van der Waals surface area contributed by atoms with Crippen molar-refractivity contribution in [1.82, 2.24) is 0 Å². The quantitative estimate of drug-likeness (QED) is 0.646. The molecule has 0 spiro atoms. The second-order valence-electron chi connectivity index (χ2n) is 2.50. The minimum atomic E-state index is 0.363. The van der Waals surface area contributed by atoms with Crippen LogP contribution in [0.25, 0.3) is 0 Å². The summed E-state index contributed by atoms with van der Waals surface area (Å²) in [6.45, 7) is 4.36. The lowest BCUT2D eigenvalue weighted by molar-refractivity contribution is 0.341. The van der Waals surface area contributed by atoms with Gasteiger partial charge in [-0.1, -0.05) is 6.07 Å². The summed E-state index contributed by atoms with van der Waals surface area (Å²) in [5, 5.41) is 2.86. The van der Waals surface area contributed by atoms with Gasteiger partial charge in [-0.15, -0.1) is 4.91 Å². The van der Waals surface area contributed by atoms with E-state index in [0.29, 0.717) is 18.0 Å². The summed E-state index contributed by atoms with van der Waals surface area (Å²) in [6.07, 6.45) is 0. The first-order chi connectivity index (χ1) is 5.77. The highest BCUT2D eigenvalue weighted by Crippen LogP contribution is 2.27. The first-order valence-electron chi connectivity index (χ1n) is 3.84. The minimum absolute atomic E-state index is 0.363. The van der Waals surface area contributed by atoms with Gasteiger partial charge in [-0.3, -0.25) is 0 Å². The van der Waals surface area contributed by atoms with E-state index in [1.54, 1.807) is 12.1 Å². The van der Waals surface area contributed by atoms with Crippen LogP contribution in [0.5, 0.6) is 5.75 Å². The van der Waals surface area contributed by atoms with Crippen molar-refractivity contribution >= 4 is 5.69 Å². The number of hydrogen-bond donors (Lipinski definition) is 0. The van der Waals surface area contributed by atoms with Crippen molar-refractivity contribution in [3.63, 3.8) is 0 Å². The molecule has 3 nitrogen and oxygen atoms in total. The lowest BCUT2D eigenvalue weighted by Crippen LogP contribution is -1.91. The highest BCUT2D eigenvalue weighted by Gasteiger charge is 2.02. The van der Waals surface area contributed by atoms with Gasteiger partial charge in [0.1, 0.15) is 11.4 Å². The van der Waals surface area contributed by atoms with Crippen LogP contribution in [0, 0.1) is 11.8 Å². The molecule has 0 N–H and O–H groups in total. The molecule has 3 heteroatoms. The van der Waals surface area contributed by atoms with E-state index < -0.39 is 0 Å². The zero-order chi connectivity index (χ0) is 8.97. The molecule has 1 rings (SSSR count). The molecular weight excluding hydrogens is 154 g/mol. The molecule has 0 saturated carbocycles. The molecule has 0 atom stereocenters. The fraction of sp³-hybridized carbons (Fsp3) is 0.333. The van der Waals surface area contributed by atoms with E-state index in [2.05, 4.69) is 5.18 Å². The Morgan fingerprint density at radius 3 is 2.83 bits per heavy atom. The molecule has 0 aliphatic carbocycles. The average Bonchev–Trinajstić information content (AvgIpc) is 2.05. The smallest absolute Gasteiger partial charge is 0.149 e. The zero-order valence-corrected chi connectivity index (χ0v) is 7.20. The summed E-state index contributed by atoms with van der Waals surface area (Å²) >= 11 is 0. The second kappa shape index (κ2) is 3.85. The van der Waals surface area contributed by atoms with E-state index in [1.807, 2.05) is 19.9 Å². The third kappa shape index (κ3) is 1.81. The number of ether oxygens (including phenoxy) is 1. The van der Waals surface area contributed by atoms with Crippen molar-refractivity contribution in [2.75, 3.05) is 6.61 Å². The van der Waals surface area contributed by atoms with Gasteiger partial charge in [-0.25, -0.2) is 0 Å². The maximum absolute atomic E-state index is 10.3. The Morgan fingerprint density at radius 1 is 1.50 bits per heavy atom. The maximum atomic E-state index is 10.3. The number of aryl methyl sites for hydroxylation is 1. The van der Waals surface area contributed by atoms with Gasteiger partial charge in [0.25, 0.3) is 0 Å². The molecule has 0 radical (unpaired) electrons. The van der Waals surface area contributed by atoms with Gasteiger partial charge in [-0.2, -0.15) is 0 Å². The SMILES string of the molecule is CCOc1cc(C)ccc1N=O. The van der Waals surface area contributed by atoms with Gasteiger partial charge < -0.3 is 4.74 Å². The van der Waals surface area contributed by atoms with Gasteiger partial charge >= 0.3 is 0 Å². The van der Waals surface area contributed by atoms with Crippen LogP contribution in [0.2, 0.25) is 0 Å². The first-order valence-corrected chi connectivity index (χ1v) is 3.84. The Balaban J connectivity index is 3.03. The van der Waals surface area contributed by atoms with Crippen LogP contribution in [0.15, 0.2) is 23.4 Å². The molecule has 0 fully saturated rings. The molecule has 12 heavy (non-hydrogen) atoms. The van der Waals surface area contributed by atoms with Crippen LogP contribution < -0.4 is 4.74 Å². The fourth-order valence-electron chi connectivity index (χ4n) is 0.968. The van der Waals surface area contributed by atoms with Crippen molar-refractivity contribution in [3.05, 3.63) is 28.7 Å². The van der Waals surface area contributed by atoms with Gasteiger partial charge in [0.2, 0.25) is 0 Å². The lowest BCUT2D eigenvalue weighted by atomic mass is 10.2. The van der Waals surface area contributed by atoms with Crippen LogP contribution in [-0.4, -0.2) is 6.61 Å². The Labute approximate surface area is 71.3 Å². The number of nitroso groups, excluding NO2 is 1. The lowest BCUT2D eigenvalue weighted by Gasteiger charge is -2.04. The summed E-state index contributed by atoms with van der Waals surface area (Å²) < 4.78 is 5.21.